The van der Waals surface area contributed by atoms with Crippen LogP contribution in [0.5, 0.6) is 0 Å². The topological polar surface area (TPSA) is 0 Å². The molecule has 0 saturated carbocycles. The second-order valence-corrected chi connectivity index (χ2v) is 9.11. The number of benzene rings is 4. The normalized spacial score (nSPS) is 11.6. The molecule has 6 heteroatoms. The second kappa shape index (κ2) is 11.7. The fraction of sp³-hybridized carbons (Fsp3) is 0.226. The van der Waals surface area contributed by atoms with Gasteiger partial charge in [-0.3, -0.25) is 0 Å². The largest absolute Gasteiger partial charge is 0.207 e. The molecule has 0 spiro atoms. The second-order valence-electron chi connectivity index (χ2n) is 9.11. The highest BCUT2D eigenvalue weighted by atomic mass is 19.2. The molecule has 0 nitrogen and oxygen atoms in total. The third-order valence-corrected chi connectivity index (χ3v) is 6.52. The molecule has 4 rings (SSSR count). The van der Waals surface area contributed by atoms with E-state index in [9.17, 15) is 22.0 Å². The van der Waals surface area contributed by atoms with Crippen molar-refractivity contribution in [2.24, 2.45) is 0 Å². The lowest BCUT2D eigenvalue weighted by atomic mass is 9.96. The quantitative estimate of drug-likeness (QED) is 0.119. The highest BCUT2D eigenvalue weighted by Gasteiger charge is 2.14. The highest BCUT2D eigenvalue weighted by molar-refractivity contribution is 5.84. The van der Waals surface area contributed by atoms with Crippen molar-refractivity contribution in [1.29, 1.82) is 0 Å². The molecule has 0 unspecified atom stereocenters. The van der Waals surface area contributed by atoms with Crippen LogP contribution in [-0.4, -0.2) is 0 Å². The van der Waals surface area contributed by atoms with E-state index in [0.717, 1.165) is 17.7 Å². The van der Waals surface area contributed by atoms with Crippen LogP contribution in [-0.2, 0) is 32.1 Å². The van der Waals surface area contributed by atoms with Gasteiger partial charge in [-0.15, -0.1) is 0 Å². The van der Waals surface area contributed by atoms with Crippen LogP contribution < -0.4 is 0 Å². The van der Waals surface area contributed by atoms with E-state index in [4.69, 9.17) is 0 Å². The molecule has 0 N–H and O–H groups in total. The summed E-state index contributed by atoms with van der Waals surface area (Å²) in [4.78, 5) is 0. The Morgan fingerprint density at radius 1 is 0.568 bits per heavy atom. The maximum absolute atomic E-state index is 15.1. The third kappa shape index (κ3) is 6.24. The van der Waals surface area contributed by atoms with Gasteiger partial charge in [-0.05, 0) is 97.4 Å². The summed E-state index contributed by atoms with van der Waals surface area (Å²) in [7, 11) is 0. The maximum Gasteiger partial charge on any atom is 0.194 e. The first kappa shape index (κ1) is 26.5. The Morgan fingerprint density at radius 3 is 1.86 bits per heavy atom. The summed E-state index contributed by atoms with van der Waals surface area (Å²) in [5.74, 6) is -5.65. The monoisotopic (exact) mass is 512 g/mol. The molecule has 4 aromatic carbocycles. The van der Waals surface area contributed by atoms with Crippen LogP contribution >= 0.6 is 0 Å². The van der Waals surface area contributed by atoms with Crippen molar-refractivity contribution in [1.82, 2.24) is 0 Å². The predicted octanol–water partition coefficient (Wildman–Crippen LogP) is 8.75. The van der Waals surface area contributed by atoms with E-state index in [1.165, 1.54) is 12.1 Å². The standard InChI is InChI=1S/C31H26F6/c1-2-3-4-5-20-15-26(32)25(27(33)16-20)13-8-19-7-12-24-23(14-19)11-10-22(30(24)36)9-6-21-17-28(34)31(37)29(35)18-21/h2-3,7,10-12,14-18H,4-6,8-9,13H2,1H3/b3-2+. The Labute approximate surface area is 212 Å². The van der Waals surface area contributed by atoms with Crippen LogP contribution in [0.15, 0.2) is 66.7 Å². The van der Waals surface area contributed by atoms with Crippen molar-refractivity contribution in [2.45, 2.75) is 45.4 Å². The van der Waals surface area contributed by atoms with Gasteiger partial charge < -0.3 is 0 Å². The molecule has 0 amide bonds. The van der Waals surface area contributed by atoms with Crippen molar-refractivity contribution in [2.75, 3.05) is 0 Å². The van der Waals surface area contributed by atoms with Gasteiger partial charge in [0.2, 0.25) is 0 Å². The van der Waals surface area contributed by atoms with Gasteiger partial charge in [0.25, 0.3) is 0 Å². The third-order valence-electron chi connectivity index (χ3n) is 6.52. The molecule has 0 aliphatic carbocycles. The summed E-state index contributed by atoms with van der Waals surface area (Å²) in [6.07, 6.45) is 5.99. The molecule has 0 radical (unpaired) electrons. The van der Waals surface area contributed by atoms with Crippen LogP contribution in [0, 0.1) is 34.9 Å². The summed E-state index contributed by atoms with van der Waals surface area (Å²) in [5, 5.41) is 1.01. The Bertz CT molecular complexity index is 1410. The molecular weight excluding hydrogens is 486 g/mol. The van der Waals surface area contributed by atoms with Gasteiger partial charge in [0, 0.05) is 10.9 Å². The van der Waals surface area contributed by atoms with Crippen LogP contribution in [0.2, 0.25) is 0 Å². The lowest BCUT2D eigenvalue weighted by Crippen LogP contribution is -2.02. The maximum atomic E-state index is 15.1. The minimum absolute atomic E-state index is 0.0325. The molecule has 0 heterocycles. The SMILES string of the molecule is C/C=C/CCc1cc(F)c(CCc2ccc3c(F)c(CCc4cc(F)c(F)c(F)c4)ccc3c2)c(F)c1. The van der Waals surface area contributed by atoms with Crippen molar-refractivity contribution in [3.63, 3.8) is 0 Å². The Kier molecular flexibility index (Phi) is 8.37. The average Bonchev–Trinajstić information content (AvgIpc) is 2.86. The molecule has 4 aromatic rings. The van der Waals surface area contributed by atoms with Crippen LogP contribution in [0.25, 0.3) is 10.8 Å². The Hall–Kier alpha value is -3.54. The number of halogens is 6. The molecule has 0 aliphatic rings. The molecule has 0 fully saturated rings. The van der Waals surface area contributed by atoms with Crippen molar-refractivity contribution >= 4 is 10.8 Å². The average molecular weight is 513 g/mol. The van der Waals surface area contributed by atoms with Gasteiger partial charge >= 0.3 is 0 Å². The first-order valence-corrected chi connectivity index (χ1v) is 12.2. The van der Waals surface area contributed by atoms with E-state index in [1.807, 2.05) is 19.1 Å². The van der Waals surface area contributed by atoms with Crippen LogP contribution in [0.3, 0.4) is 0 Å². The van der Waals surface area contributed by atoms with Crippen molar-refractivity contribution in [3.8, 4) is 0 Å². The van der Waals surface area contributed by atoms with E-state index in [1.54, 1.807) is 30.3 Å². The van der Waals surface area contributed by atoms with E-state index >= 15 is 4.39 Å². The first-order chi connectivity index (χ1) is 17.8. The zero-order chi connectivity index (χ0) is 26.5. The minimum Gasteiger partial charge on any atom is -0.207 e. The number of allylic oxidation sites excluding steroid dienone is 2. The Morgan fingerprint density at radius 2 is 1.19 bits per heavy atom. The number of fused-ring (bicyclic) bond motifs is 1. The van der Waals surface area contributed by atoms with Crippen molar-refractivity contribution in [3.05, 3.63) is 129 Å². The summed E-state index contributed by atoms with van der Waals surface area (Å²) in [6.45, 7) is 1.90. The summed E-state index contributed by atoms with van der Waals surface area (Å²) in [6, 6.07) is 13.1. The summed E-state index contributed by atoms with van der Waals surface area (Å²) in [5.41, 5.74) is 2.06. The lowest BCUT2D eigenvalue weighted by Gasteiger charge is -2.11. The molecule has 0 aliphatic heterocycles. The fourth-order valence-corrected chi connectivity index (χ4v) is 4.49. The van der Waals surface area contributed by atoms with Gasteiger partial charge in [-0.25, -0.2) is 26.3 Å². The molecule has 0 bridgehead atoms. The number of hydrogen-bond acceptors (Lipinski definition) is 0. The highest BCUT2D eigenvalue weighted by Crippen LogP contribution is 2.26. The number of aryl methyl sites for hydroxylation is 4. The molecule has 192 valence electrons. The van der Waals surface area contributed by atoms with E-state index < -0.39 is 34.9 Å². The number of hydrogen-bond donors (Lipinski definition) is 0. The number of rotatable bonds is 9. The molecular formula is C31H26F6. The zero-order valence-corrected chi connectivity index (χ0v) is 20.4. The van der Waals surface area contributed by atoms with Crippen molar-refractivity contribution < 1.29 is 26.3 Å². The van der Waals surface area contributed by atoms with Gasteiger partial charge in [0.05, 0.1) is 0 Å². The van der Waals surface area contributed by atoms with Gasteiger partial charge in [-0.2, -0.15) is 0 Å². The fourth-order valence-electron chi connectivity index (χ4n) is 4.49. The minimum atomic E-state index is -1.53. The molecule has 0 atom stereocenters. The van der Waals surface area contributed by atoms with Crippen LogP contribution in [0.4, 0.5) is 26.3 Å². The molecule has 37 heavy (non-hydrogen) atoms. The first-order valence-electron chi connectivity index (χ1n) is 12.2. The summed E-state index contributed by atoms with van der Waals surface area (Å²) < 4.78 is 84.3. The van der Waals surface area contributed by atoms with E-state index in [0.29, 0.717) is 41.2 Å². The van der Waals surface area contributed by atoms with Crippen LogP contribution in [0.1, 0.15) is 41.2 Å². The van der Waals surface area contributed by atoms with E-state index in [-0.39, 0.29) is 30.4 Å². The zero-order valence-electron chi connectivity index (χ0n) is 20.4. The van der Waals surface area contributed by atoms with E-state index in [2.05, 4.69) is 0 Å². The lowest BCUT2D eigenvalue weighted by molar-refractivity contribution is 0.445. The van der Waals surface area contributed by atoms with Gasteiger partial charge in [-0.1, -0.05) is 42.5 Å². The van der Waals surface area contributed by atoms with Gasteiger partial charge in [0.1, 0.15) is 17.5 Å². The Balaban J connectivity index is 1.45. The smallest absolute Gasteiger partial charge is 0.194 e. The predicted molar refractivity (Wildman–Crippen MR) is 135 cm³/mol. The molecule has 0 aromatic heterocycles. The summed E-state index contributed by atoms with van der Waals surface area (Å²) >= 11 is 0. The molecule has 0 saturated heterocycles. The van der Waals surface area contributed by atoms with Gasteiger partial charge in [0.15, 0.2) is 17.5 Å².